The molecule has 8 heteroatoms. The molecular weight excluding hydrogens is 542 g/mol. The van der Waals surface area contributed by atoms with Gasteiger partial charge in [0.15, 0.2) is 0 Å². The summed E-state index contributed by atoms with van der Waals surface area (Å²) in [6.07, 6.45) is 4.31. The third-order valence-corrected chi connectivity index (χ3v) is 9.44. The highest BCUT2D eigenvalue weighted by atomic mass is 16.5. The number of carbonyl (C=O) groups excluding carboxylic acids is 3. The summed E-state index contributed by atoms with van der Waals surface area (Å²) in [5, 5.41) is 10.8. The lowest BCUT2D eigenvalue weighted by atomic mass is 9.66. The van der Waals surface area contributed by atoms with Crippen LogP contribution in [0, 0.1) is 11.8 Å². The molecule has 3 heterocycles. The van der Waals surface area contributed by atoms with E-state index in [1.807, 2.05) is 88.4 Å². The van der Waals surface area contributed by atoms with Crippen molar-refractivity contribution in [1.29, 1.82) is 0 Å². The molecule has 8 nitrogen and oxygen atoms in total. The van der Waals surface area contributed by atoms with E-state index in [0.29, 0.717) is 24.1 Å². The summed E-state index contributed by atoms with van der Waals surface area (Å²) in [6, 6.07) is 16.7. The Labute approximate surface area is 254 Å². The second-order valence-electron chi connectivity index (χ2n) is 13.1. The number of anilines is 1. The highest BCUT2D eigenvalue weighted by molar-refractivity contribution is 6.03. The van der Waals surface area contributed by atoms with Crippen molar-refractivity contribution in [3.63, 3.8) is 0 Å². The molecule has 5 rings (SSSR count). The number of carbonyl (C=O) groups is 3. The third-order valence-electron chi connectivity index (χ3n) is 9.44. The van der Waals surface area contributed by atoms with Gasteiger partial charge in [-0.1, -0.05) is 60.7 Å². The zero-order valence-electron chi connectivity index (χ0n) is 25.6. The summed E-state index contributed by atoms with van der Waals surface area (Å²) in [4.78, 5) is 49.0. The van der Waals surface area contributed by atoms with E-state index in [9.17, 15) is 19.5 Å². The van der Waals surface area contributed by atoms with E-state index in [-0.39, 0.29) is 37.4 Å². The molecule has 0 aromatic heterocycles. The van der Waals surface area contributed by atoms with Crippen molar-refractivity contribution in [3.05, 3.63) is 91.5 Å². The minimum atomic E-state index is -1.23. The number of fused-ring (bicyclic) bond motifs is 1. The van der Waals surface area contributed by atoms with Gasteiger partial charge in [-0.2, -0.15) is 0 Å². The largest absolute Gasteiger partial charge is 0.394 e. The van der Waals surface area contributed by atoms with Crippen molar-refractivity contribution in [3.8, 4) is 0 Å². The zero-order valence-corrected chi connectivity index (χ0v) is 25.6. The maximum atomic E-state index is 14.8. The number of amides is 3. The first-order chi connectivity index (χ1) is 20.4. The number of nitrogens with zero attached hydrogens (tertiary/aromatic N) is 3. The smallest absolute Gasteiger partial charge is 0.249 e. The molecule has 3 aliphatic heterocycles. The Bertz CT molecular complexity index is 1390. The fourth-order valence-corrected chi connectivity index (χ4v) is 7.58. The summed E-state index contributed by atoms with van der Waals surface area (Å²) < 4.78 is 6.88. The highest BCUT2D eigenvalue weighted by Gasteiger charge is 2.79. The molecule has 3 amide bonds. The topological polar surface area (TPSA) is 90.4 Å². The van der Waals surface area contributed by atoms with Crippen molar-refractivity contribution in [2.24, 2.45) is 11.8 Å². The van der Waals surface area contributed by atoms with E-state index in [1.165, 1.54) is 4.90 Å². The van der Waals surface area contributed by atoms with Crippen molar-refractivity contribution in [2.75, 3.05) is 24.6 Å². The molecule has 2 aromatic rings. The van der Waals surface area contributed by atoms with Crippen molar-refractivity contribution in [2.45, 2.75) is 69.4 Å². The van der Waals surface area contributed by atoms with Crippen molar-refractivity contribution in [1.82, 2.24) is 9.80 Å². The Kier molecular flexibility index (Phi) is 8.13. The molecule has 6 atom stereocenters. The minimum absolute atomic E-state index is 0.236. The summed E-state index contributed by atoms with van der Waals surface area (Å²) in [5.41, 5.74) is -1.35. The molecule has 0 radical (unpaired) electrons. The summed E-state index contributed by atoms with van der Waals surface area (Å²) >= 11 is 0. The SMILES string of the molecule is C=CCN(C(=O)[C@H]1[C@H]2C(=O)N([C@H](CO)c3ccccc3)C(C(=O)N(CC=C)C(C)(C)C)C23CC[C@]1(C)O3)c1ccccc1. The van der Waals surface area contributed by atoms with Crippen LogP contribution in [0.3, 0.4) is 0 Å². The van der Waals surface area contributed by atoms with E-state index in [0.717, 1.165) is 0 Å². The summed E-state index contributed by atoms with van der Waals surface area (Å²) in [5.74, 6) is -2.58. The quantitative estimate of drug-likeness (QED) is 0.415. The lowest BCUT2D eigenvalue weighted by Gasteiger charge is -2.43. The maximum Gasteiger partial charge on any atom is 0.249 e. The van der Waals surface area contributed by atoms with Crippen LogP contribution in [0.2, 0.25) is 0 Å². The van der Waals surface area contributed by atoms with Crippen LogP contribution in [-0.4, -0.2) is 75.1 Å². The van der Waals surface area contributed by atoms with Crippen LogP contribution in [0.15, 0.2) is 86.0 Å². The number of aliphatic hydroxyl groups is 1. The lowest BCUT2D eigenvalue weighted by molar-refractivity contribution is -0.158. The van der Waals surface area contributed by atoms with Gasteiger partial charge < -0.3 is 24.5 Å². The van der Waals surface area contributed by atoms with Gasteiger partial charge in [0.2, 0.25) is 17.7 Å². The molecule has 1 spiro atoms. The van der Waals surface area contributed by atoms with E-state index < -0.39 is 40.7 Å². The zero-order chi connectivity index (χ0) is 31.2. The van der Waals surface area contributed by atoms with E-state index in [1.54, 1.807) is 22.0 Å². The van der Waals surface area contributed by atoms with Gasteiger partial charge in [0, 0.05) is 24.3 Å². The molecular formula is C35H43N3O5. The highest BCUT2D eigenvalue weighted by Crippen LogP contribution is 2.64. The molecule has 2 aromatic carbocycles. The van der Waals surface area contributed by atoms with Crippen LogP contribution < -0.4 is 4.90 Å². The van der Waals surface area contributed by atoms with Gasteiger partial charge in [-0.25, -0.2) is 0 Å². The van der Waals surface area contributed by atoms with Gasteiger partial charge in [-0.3, -0.25) is 14.4 Å². The van der Waals surface area contributed by atoms with Crippen LogP contribution in [0.4, 0.5) is 5.69 Å². The van der Waals surface area contributed by atoms with E-state index >= 15 is 0 Å². The molecule has 1 N–H and O–H groups in total. The van der Waals surface area contributed by atoms with E-state index in [2.05, 4.69) is 13.2 Å². The fraction of sp³-hybridized carbons (Fsp3) is 0.457. The second kappa shape index (κ2) is 11.4. The van der Waals surface area contributed by atoms with Crippen LogP contribution in [0.5, 0.6) is 0 Å². The number of hydrogen-bond donors (Lipinski definition) is 1. The van der Waals surface area contributed by atoms with Gasteiger partial charge in [0.1, 0.15) is 11.6 Å². The number of ether oxygens (including phenoxy) is 1. The van der Waals surface area contributed by atoms with Crippen LogP contribution in [0.1, 0.15) is 52.1 Å². The molecule has 43 heavy (non-hydrogen) atoms. The molecule has 2 unspecified atom stereocenters. The van der Waals surface area contributed by atoms with Crippen LogP contribution >= 0.6 is 0 Å². The third kappa shape index (κ3) is 4.90. The number of likely N-dealkylation sites (tertiary alicyclic amines) is 1. The maximum absolute atomic E-state index is 14.8. The molecule has 3 fully saturated rings. The Morgan fingerprint density at radius 2 is 1.63 bits per heavy atom. The first-order valence-electron chi connectivity index (χ1n) is 15.0. The summed E-state index contributed by atoms with van der Waals surface area (Å²) in [7, 11) is 0. The standard InChI is InChI=1S/C35H43N3O5/c1-7-21-36(25-17-13-10-14-18-25)30(40)27-28-31(41)38(26(23-39)24-15-11-9-12-16-24)29(35(28)20-19-34(27,6)43-35)32(42)37(22-8-2)33(3,4)5/h7-18,26-29,39H,1-2,19-23H2,3-6H3/t26-,27-,28+,29?,34+,35?/m1/s1. The van der Waals surface area contributed by atoms with Crippen LogP contribution in [-0.2, 0) is 19.1 Å². The number of benzene rings is 2. The average Bonchev–Trinajstić information content (AvgIpc) is 3.55. The Hall–Kier alpha value is -3.75. The monoisotopic (exact) mass is 585 g/mol. The van der Waals surface area contributed by atoms with Gasteiger partial charge >= 0.3 is 0 Å². The van der Waals surface area contributed by atoms with Gasteiger partial charge in [-0.05, 0) is 58.2 Å². The van der Waals surface area contributed by atoms with Crippen molar-refractivity contribution >= 4 is 23.4 Å². The molecule has 3 saturated heterocycles. The summed E-state index contributed by atoms with van der Waals surface area (Å²) in [6.45, 7) is 15.6. The van der Waals surface area contributed by atoms with E-state index in [4.69, 9.17) is 4.74 Å². The number of para-hydroxylation sites is 1. The number of hydrogen-bond acceptors (Lipinski definition) is 5. The molecule has 0 saturated carbocycles. The van der Waals surface area contributed by atoms with Gasteiger partial charge in [0.25, 0.3) is 0 Å². The lowest BCUT2D eigenvalue weighted by Crippen LogP contribution is -2.60. The molecule has 0 aliphatic carbocycles. The van der Waals surface area contributed by atoms with Crippen molar-refractivity contribution < 1.29 is 24.2 Å². The molecule has 228 valence electrons. The minimum Gasteiger partial charge on any atom is -0.394 e. The first kappa shape index (κ1) is 30.7. The predicted molar refractivity (Wildman–Crippen MR) is 166 cm³/mol. The Morgan fingerprint density at radius 1 is 1.02 bits per heavy atom. The van der Waals surface area contributed by atoms with Gasteiger partial charge in [-0.15, -0.1) is 13.2 Å². The average molecular weight is 586 g/mol. The van der Waals surface area contributed by atoms with Crippen LogP contribution in [0.25, 0.3) is 0 Å². The first-order valence-corrected chi connectivity index (χ1v) is 15.0. The van der Waals surface area contributed by atoms with Gasteiger partial charge in [0.05, 0.1) is 30.1 Å². The molecule has 2 bridgehead atoms. The number of rotatable bonds is 10. The second-order valence-corrected chi connectivity index (χ2v) is 13.1. The Balaban J connectivity index is 1.67. The fourth-order valence-electron chi connectivity index (χ4n) is 7.58. The normalized spacial score (nSPS) is 28.3. The predicted octanol–water partition coefficient (Wildman–Crippen LogP) is 4.52. The Morgan fingerprint density at radius 3 is 2.19 bits per heavy atom. The number of aliphatic hydroxyl groups excluding tert-OH is 1. The molecule has 3 aliphatic rings.